The number of rotatable bonds is 3. The zero-order valence-corrected chi connectivity index (χ0v) is 14.6. The van der Waals surface area contributed by atoms with E-state index in [4.69, 9.17) is 9.47 Å². The zero-order chi connectivity index (χ0) is 16.4. The van der Waals surface area contributed by atoms with E-state index in [-0.39, 0.29) is 11.5 Å². The van der Waals surface area contributed by atoms with E-state index < -0.39 is 0 Å². The molecule has 3 fully saturated rings. The van der Waals surface area contributed by atoms with Crippen molar-refractivity contribution in [2.45, 2.75) is 50.2 Å². The number of hydrogen-bond donors (Lipinski definition) is 0. The SMILES string of the molecule is O=C(C1CC=CC1)N1CC[C@@]2(CCC[C@H](CN3CCOCC3)O2)C1. The lowest BCUT2D eigenvalue weighted by molar-refractivity contribution is -0.144. The van der Waals surface area contributed by atoms with Crippen molar-refractivity contribution in [2.75, 3.05) is 45.9 Å². The molecule has 4 aliphatic rings. The molecular weight excluding hydrogens is 304 g/mol. The summed E-state index contributed by atoms with van der Waals surface area (Å²) in [4.78, 5) is 17.2. The van der Waals surface area contributed by atoms with Crippen LogP contribution in [0.1, 0.15) is 38.5 Å². The molecule has 0 N–H and O–H groups in total. The van der Waals surface area contributed by atoms with Gasteiger partial charge in [-0.1, -0.05) is 12.2 Å². The van der Waals surface area contributed by atoms with Crippen LogP contribution in [0.15, 0.2) is 12.2 Å². The molecular formula is C19H30N2O3. The van der Waals surface area contributed by atoms with Crippen LogP contribution in [-0.2, 0) is 14.3 Å². The Labute approximate surface area is 145 Å². The number of ether oxygens (including phenoxy) is 2. The summed E-state index contributed by atoms with van der Waals surface area (Å²) in [5.41, 5.74) is -0.0725. The number of likely N-dealkylation sites (tertiary alicyclic amines) is 1. The van der Waals surface area contributed by atoms with Crippen molar-refractivity contribution in [3.8, 4) is 0 Å². The fourth-order valence-electron chi connectivity index (χ4n) is 4.73. The molecule has 134 valence electrons. The van der Waals surface area contributed by atoms with Crippen LogP contribution in [0.2, 0.25) is 0 Å². The summed E-state index contributed by atoms with van der Waals surface area (Å²) in [7, 11) is 0. The Kier molecular flexibility index (Phi) is 4.93. The van der Waals surface area contributed by atoms with Gasteiger partial charge in [-0.05, 0) is 38.5 Å². The van der Waals surface area contributed by atoms with E-state index in [0.29, 0.717) is 12.0 Å². The smallest absolute Gasteiger partial charge is 0.226 e. The van der Waals surface area contributed by atoms with Crippen LogP contribution < -0.4 is 0 Å². The molecule has 3 aliphatic heterocycles. The first-order valence-electron chi connectivity index (χ1n) is 9.66. The molecule has 0 unspecified atom stereocenters. The van der Waals surface area contributed by atoms with E-state index in [9.17, 15) is 4.79 Å². The topological polar surface area (TPSA) is 42.0 Å². The highest BCUT2D eigenvalue weighted by atomic mass is 16.5. The largest absolute Gasteiger partial charge is 0.379 e. The third kappa shape index (κ3) is 3.53. The third-order valence-electron chi connectivity index (χ3n) is 6.13. The van der Waals surface area contributed by atoms with Crippen molar-refractivity contribution in [2.24, 2.45) is 5.92 Å². The first-order valence-corrected chi connectivity index (χ1v) is 9.66. The molecule has 1 amide bonds. The first kappa shape index (κ1) is 16.6. The summed E-state index contributed by atoms with van der Waals surface area (Å²) in [6.07, 6.45) is 10.9. The van der Waals surface area contributed by atoms with E-state index in [2.05, 4.69) is 22.0 Å². The second-order valence-electron chi connectivity index (χ2n) is 7.88. The van der Waals surface area contributed by atoms with E-state index in [1.54, 1.807) is 0 Å². The van der Waals surface area contributed by atoms with Crippen molar-refractivity contribution in [3.63, 3.8) is 0 Å². The second kappa shape index (κ2) is 7.14. The Morgan fingerprint density at radius 1 is 1.12 bits per heavy atom. The maximum absolute atomic E-state index is 12.7. The standard InChI is InChI=1S/C19H30N2O3/c22-18(16-4-1-2-5-16)21-9-8-19(15-21)7-3-6-17(24-19)14-20-10-12-23-13-11-20/h1-2,16-17H,3-15H2/t17-,19+/m1/s1. The maximum Gasteiger partial charge on any atom is 0.226 e. The zero-order valence-electron chi connectivity index (χ0n) is 14.6. The van der Waals surface area contributed by atoms with Crippen molar-refractivity contribution < 1.29 is 14.3 Å². The van der Waals surface area contributed by atoms with Crippen LogP contribution >= 0.6 is 0 Å². The summed E-state index contributed by atoms with van der Waals surface area (Å²) in [5.74, 6) is 0.531. The molecule has 5 heteroatoms. The Morgan fingerprint density at radius 2 is 1.92 bits per heavy atom. The highest BCUT2D eigenvalue weighted by molar-refractivity contribution is 5.80. The minimum Gasteiger partial charge on any atom is -0.379 e. The van der Waals surface area contributed by atoms with Gasteiger partial charge in [-0.25, -0.2) is 0 Å². The number of carbonyl (C=O) groups is 1. The minimum absolute atomic E-state index is 0.0725. The Balaban J connectivity index is 1.32. The molecule has 4 rings (SSSR count). The fraction of sp³-hybridized carbons (Fsp3) is 0.842. The molecule has 0 bridgehead atoms. The molecule has 0 radical (unpaired) electrons. The van der Waals surface area contributed by atoms with Gasteiger partial charge in [0.15, 0.2) is 0 Å². The lowest BCUT2D eigenvalue weighted by Gasteiger charge is -2.41. The van der Waals surface area contributed by atoms with Crippen LogP contribution in [0.5, 0.6) is 0 Å². The predicted molar refractivity (Wildman–Crippen MR) is 91.8 cm³/mol. The van der Waals surface area contributed by atoms with Crippen molar-refractivity contribution in [1.82, 2.24) is 9.80 Å². The third-order valence-corrected chi connectivity index (χ3v) is 6.13. The van der Waals surface area contributed by atoms with Gasteiger partial charge in [0.25, 0.3) is 0 Å². The number of carbonyl (C=O) groups excluding carboxylic acids is 1. The summed E-state index contributed by atoms with van der Waals surface area (Å²) >= 11 is 0. The van der Waals surface area contributed by atoms with Gasteiger partial charge in [-0.2, -0.15) is 0 Å². The molecule has 24 heavy (non-hydrogen) atoms. The van der Waals surface area contributed by atoms with Gasteiger partial charge in [0.1, 0.15) is 0 Å². The second-order valence-corrected chi connectivity index (χ2v) is 7.88. The monoisotopic (exact) mass is 334 g/mol. The average Bonchev–Trinajstić information content (AvgIpc) is 3.26. The molecule has 1 aliphatic carbocycles. The van der Waals surface area contributed by atoms with Gasteiger partial charge in [0.05, 0.1) is 24.9 Å². The molecule has 5 nitrogen and oxygen atoms in total. The number of nitrogens with zero attached hydrogens (tertiary/aromatic N) is 2. The van der Waals surface area contributed by atoms with Crippen LogP contribution in [0.3, 0.4) is 0 Å². The molecule has 0 aromatic heterocycles. The Hall–Kier alpha value is -0.910. The predicted octanol–water partition coefficient (Wildman–Crippen LogP) is 1.82. The summed E-state index contributed by atoms with van der Waals surface area (Å²) in [6.45, 7) is 6.43. The van der Waals surface area contributed by atoms with Crippen LogP contribution in [-0.4, -0.2) is 73.3 Å². The van der Waals surface area contributed by atoms with Crippen LogP contribution in [0, 0.1) is 5.92 Å². The number of morpholine rings is 1. The normalized spacial score (nSPS) is 35.2. The van der Waals surface area contributed by atoms with Gasteiger partial charge in [0.2, 0.25) is 5.91 Å². The Morgan fingerprint density at radius 3 is 2.71 bits per heavy atom. The lowest BCUT2D eigenvalue weighted by Crippen LogP contribution is -2.49. The van der Waals surface area contributed by atoms with Gasteiger partial charge in [-0.3, -0.25) is 9.69 Å². The first-order chi connectivity index (χ1) is 11.7. The van der Waals surface area contributed by atoms with Crippen molar-refractivity contribution in [3.05, 3.63) is 12.2 Å². The molecule has 0 aromatic carbocycles. The molecule has 3 saturated heterocycles. The highest BCUT2D eigenvalue weighted by Gasteiger charge is 2.45. The van der Waals surface area contributed by atoms with Crippen LogP contribution in [0.4, 0.5) is 0 Å². The maximum atomic E-state index is 12.7. The van der Waals surface area contributed by atoms with Gasteiger partial charge < -0.3 is 14.4 Å². The highest BCUT2D eigenvalue weighted by Crippen LogP contribution is 2.38. The van der Waals surface area contributed by atoms with Gasteiger partial charge >= 0.3 is 0 Å². The molecule has 2 atom stereocenters. The lowest BCUT2D eigenvalue weighted by atomic mass is 9.90. The summed E-state index contributed by atoms with van der Waals surface area (Å²) < 4.78 is 12.0. The van der Waals surface area contributed by atoms with Gasteiger partial charge in [0, 0.05) is 38.6 Å². The number of allylic oxidation sites excluding steroid dienone is 2. The average molecular weight is 334 g/mol. The molecule has 0 saturated carbocycles. The quantitative estimate of drug-likeness (QED) is 0.739. The number of hydrogen-bond acceptors (Lipinski definition) is 4. The Bertz CT molecular complexity index is 481. The van der Waals surface area contributed by atoms with E-state index in [1.807, 2.05) is 0 Å². The molecule has 3 heterocycles. The van der Waals surface area contributed by atoms with E-state index in [0.717, 1.165) is 78.0 Å². The van der Waals surface area contributed by atoms with Crippen LogP contribution in [0.25, 0.3) is 0 Å². The van der Waals surface area contributed by atoms with Crippen molar-refractivity contribution >= 4 is 5.91 Å². The van der Waals surface area contributed by atoms with E-state index in [1.165, 1.54) is 6.42 Å². The summed E-state index contributed by atoms with van der Waals surface area (Å²) in [6, 6.07) is 0. The molecule has 0 aromatic rings. The molecule has 1 spiro atoms. The van der Waals surface area contributed by atoms with Gasteiger partial charge in [-0.15, -0.1) is 0 Å². The van der Waals surface area contributed by atoms with E-state index >= 15 is 0 Å². The summed E-state index contributed by atoms with van der Waals surface area (Å²) in [5, 5.41) is 0. The fourth-order valence-corrected chi connectivity index (χ4v) is 4.73. The number of amides is 1. The van der Waals surface area contributed by atoms with Crippen molar-refractivity contribution in [1.29, 1.82) is 0 Å². The minimum atomic E-state index is -0.0725.